The van der Waals surface area contributed by atoms with E-state index in [4.69, 9.17) is 20.4 Å². The topological polar surface area (TPSA) is 105 Å². The Labute approximate surface area is 208 Å². The predicted molar refractivity (Wildman–Crippen MR) is 131 cm³/mol. The normalized spacial score (nSPS) is 20.5. The average Bonchev–Trinajstić information content (AvgIpc) is 3.12. The first-order valence-electron chi connectivity index (χ1n) is 11.4. The molecule has 1 aliphatic rings. The number of allylic oxidation sites excluding steroid dienone is 2. The second kappa shape index (κ2) is 12.4. The van der Waals surface area contributed by atoms with E-state index in [-0.39, 0.29) is 17.9 Å². The molecule has 1 heterocycles. The highest BCUT2D eigenvalue weighted by Gasteiger charge is 2.47. The largest absolute Gasteiger partial charge is 0.490 e. The minimum Gasteiger partial charge on any atom is -0.484 e. The molecule has 0 bridgehead atoms. The SMILES string of the molecule is C/C=C1\N(C)C(C)CC1(c1ccccc1)c1cccc(OCC(=O)NCCN)c1.O=C(O)C(F)(F)F. The van der Waals surface area contributed by atoms with Crippen LogP contribution in [0, 0.1) is 0 Å². The molecule has 0 saturated carbocycles. The zero-order valence-electron chi connectivity index (χ0n) is 20.5. The summed E-state index contributed by atoms with van der Waals surface area (Å²) in [4.78, 5) is 23.1. The number of rotatable bonds is 7. The van der Waals surface area contributed by atoms with E-state index in [9.17, 15) is 18.0 Å². The maximum Gasteiger partial charge on any atom is 0.490 e. The molecule has 1 aliphatic heterocycles. The number of likely N-dealkylation sites (N-methyl/N-ethyl adjacent to an activating group) is 1. The number of likely N-dealkylation sites (tertiary alicyclic amines) is 1. The second-order valence-corrected chi connectivity index (χ2v) is 8.37. The zero-order valence-corrected chi connectivity index (χ0v) is 20.5. The first kappa shape index (κ1) is 28.7. The van der Waals surface area contributed by atoms with Gasteiger partial charge in [-0.25, -0.2) is 4.79 Å². The van der Waals surface area contributed by atoms with Crippen molar-refractivity contribution in [1.82, 2.24) is 10.2 Å². The lowest BCUT2D eigenvalue weighted by atomic mass is 9.70. The van der Waals surface area contributed by atoms with Crippen LogP contribution < -0.4 is 15.8 Å². The van der Waals surface area contributed by atoms with Crippen molar-refractivity contribution in [1.29, 1.82) is 0 Å². The van der Waals surface area contributed by atoms with E-state index in [0.29, 0.717) is 24.9 Å². The molecule has 196 valence electrons. The van der Waals surface area contributed by atoms with Gasteiger partial charge in [-0.05, 0) is 43.5 Å². The lowest BCUT2D eigenvalue weighted by Gasteiger charge is -2.33. The van der Waals surface area contributed by atoms with Crippen molar-refractivity contribution < 1.29 is 32.6 Å². The van der Waals surface area contributed by atoms with E-state index in [1.54, 1.807) is 0 Å². The molecule has 2 unspecified atom stereocenters. The van der Waals surface area contributed by atoms with E-state index in [0.717, 1.165) is 6.42 Å². The van der Waals surface area contributed by atoms with Gasteiger partial charge in [0.2, 0.25) is 0 Å². The molecule has 1 fully saturated rings. The van der Waals surface area contributed by atoms with Crippen LogP contribution in [0.4, 0.5) is 13.2 Å². The van der Waals surface area contributed by atoms with Crippen LogP contribution in [0.25, 0.3) is 0 Å². The molecule has 4 N–H and O–H groups in total. The Morgan fingerprint density at radius 3 is 2.36 bits per heavy atom. The number of hydrogen-bond acceptors (Lipinski definition) is 5. The number of benzene rings is 2. The number of alkyl halides is 3. The number of amides is 1. The van der Waals surface area contributed by atoms with Crippen LogP contribution in [-0.2, 0) is 15.0 Å². The Morgan fingerprint density at radius 2 is 1.81 bits per heavy atom. The van der Waals surface area contributed by atoms with Crippen LogP contribution in [0.15, 0.2) is 66.4 Å². The van der Waals surface area contributed by atoms with Crippen LogP contribution in [0.1, 0.15) is 31.4 Å². The number of carbonyl (C=O) groups excluding carboxylic acids is 1. The molecule has 10 heteroatoms. The van der Waals surface area contributed by atoms with Gasteiger partial charge in [0.15, 0.2) is 6.61 Å². The van der Waals surface area contributed by atoms with Gasteiger partial charge in [-0.1, -0.05) is 48.5 Å². The molecule has 3 rings (SSSR count). The number of nitrogens with two attached hydrogens (primary N) is 1. The molecule has 1 amide bonds. The van der Waals surface area contributed by atoms with Crippen molar-refractivity contribution in [2.45, 2.75) is 37.9 Å². The average molecular weight is 508 g/mol. The molecule has 2 atom stereocenters. The molecule has 2 aromatic carbocycles. The number of ether oxygens (including phenoxy) is 1. The van der Waals surface area contributed by atoms with Gasteiger partial charge in [0, 0.05) is 31.9 Å². The summed E-state index contributed by atoms with van der Waals surface area (Å²) in [5.74, 6) is -2.23. The van der Waals surface area contributed by atoms with Crippen molar-refractivity contribution in [3.8, 4) is 5.75 Å². The summed E-state index contributed by atoms with van der Waals surface area (Å²) in [7, 11) is 2.16. The Balaban J connectivity index is 0.000000572. The molecule has 0 aliphatic carbocycles. The maximum absolute atomic E-state index is 11.9. The summed E-state index contributed by atoms with van der Waals surface area (Å²) in [5, 5.41) is 9.85. The van der Waals surface area contributed by atoms with E-state index >= 15 is 0 Å². The summed E-state index contributed by atoms with van der Waals surface area (Å²) >= 11 is 0. The van der Waals surface area contributed by atoms with E-state index in [1.807, 2.05) is 18.2 Å². The van der Waals surface area contributed by atoms with Crippen molar-refractivity contribution in [2.24, 2.45) is 5.73 Å². The first-order valence-corrected chi connectivity index (χ1v) is 11.4. The van der Waals surface area contributed by atoms with Crippen molar-refractivity contribution >= 4 is 11.9 Å². The number of carbonyl (C=O) groups is 2. The number of hydrogen-bond donors (Lipinski definition) is 3. The summed E-state index contributed by atoms with van der Waals surface area (Å²) in [6.07, 6.45) is -1.89. The molecule has 1 saturated heterocycles. The monoisotopic (exact) mass is 507 g/mol. The van der Waals surface area contributed by atoms with Gasteiger partial charge < -0.3 is 25.8 Å². The minimum atomic E-state index is -5.08. The third-order valence-corrected chi connectivity index (χ3v) is 6.03. The van der Waals surface area contributed by atoms with Gasteiger partial charge in [0.1, 0.15) is 5.75 Å². The summed E-state index contributed by atoms with van der Waals surface area (Å²) in [6, 6.07) is 19.2. The third kappa shape index (κ3) is 6.78. The molecule has 0 radical (unpaired) electrons. The van der Waals surface area contributed by atoms with Crippen LogP contribution in [0.5, 0.6) is 5.75 Å². The molecule has 0 spiro atoms. The van der Waals surface area contributed by atoms with E-state index in [1.165, 1.54) is 16.8 Å². The van der Waals surface area contributed by atoms with Gasteiger partial charge in [-0.15, -0.1) is 0 Å². The summed E-state index contributed by atoms with van der Waals surface area (Å²) < 4.78 is 37.5. The number of carboxylic acid groups (broad SMARTS) is 1. The highest BCUT2D eigenvalue weighted by molar-refractivity contribution is 5.77. The van der Waals surface area contributed by atoms with E-state index in [2.05, 4.69) is 73.6 Å². The quantitative estimate of drug-likeness (QED) is 0.528. The summed E-state index contributed by atoms with van der Waals surface area (Å²) in [5.41, 5.74) is 8.91. The lowest BCUT2D eigenvalue weighted by Crippen LogP contribution is -2.33. The van der Waals surface area contributed by atoms with Crippen LogP contribution in [-0.4, -0.2) is 60.8 Å². The zero-order chi connectivity index (χ0) is 26.9. The predicted octanol–water partition coefficient (Wildman–Crippen LogP) is 3.69. The van der Waals surface area contributed by atoms with Crippen molar-refractivity contribution in [3.63, 3.8) is 0 Å². The number of nitrogens with zero attached hydrogens (tertiary/aromatic N) is 1. The van der Waals surface area contributed by atoms with Crippen LogP contribution >= 0.6 is 0 Å². The number of halogens is 3. The summed E-state index contributed by atoms with van der Waals surface area (Å²) in [6.45, 7) is 5.21. The van der Waals surface area contributed by atoms with Crippen molar-refractivity contribution in [3.05, 3.63) is 77.5 Å². The molecular formula is C26H32F3N3O4. The smallest absolute Gasteiger partial charge is 0.484 e. The lowest BCUT2D eigenvalue weighted by molar-refractivity contribution is -0.192. The van der Waals surface area contributed by atoms with Crippen LogP contribution in [0.3, 0.4) is 0 Å². The van der Waals surface area contributed by atoms with Gasteiger partial charge in [0.05, 0.1) is 5.41 Å². The van der Waals surface area contributed by atoms with Gasteiger partial charge in [-0.3, -0.25) is 4.79 Å². The van der Waals surface area contributed by atoms with Crippen LogP contribution in [0.2, 0.25) is 0 Å². The fourth-order valence-electron chi connectivity index (χ4n) is 4.36. The Hall–Kier alpha value is -3.53. The van der Waals surface area contributed by atoms with Gasteiger partial charge in [0.25, 0.3) is 5.91 Å². The molecular weight excluding hydrogens is 475 g/mol. The van der Waals surface area contributed by atoms with Gasteiger partial charge >= 0.3 is 12.1 Å². The minimum absolute atomic E-state index is 0.0193. The molecule has 2 aromatic rings. The Bertz CT molecular complexity index is 1060. The van der Waals surface area contributed by atoms with E-state index < -0.39 is 12.1 Å². The van der Waals surface area contributed by atoms with Gasteiger partial charge in [-0.2, -0.15) is 13.2 Å². The number of nitrogens with one attached hydrogen (secondary N) is 1. The highest BCUT2D eigenvalue weighted by Crippen LogP contribution is 2.50. The standard InChI is InChI=1S/C24H31N3O2.C2HF3O2/c1-4-22-24(16-18(2)27(22)3,19-9-6-5-7-10-19)20-11-8-12-21(15-20)29-17-23(28)26-14-13-25;3-2(4,5)1(6)7/h4-12,15,18H,13-14,16-17,25H2,1-3H3,(H,26,28);(H,6,7)/b22-4-;. The number of carboxylic acids is 1. The maximum atomic E-state index is 11.9. The first-order chi connectivity index (χ1) is 17.0. The second-order valence-electron chi connectivity index (χ2n) is 8.37. The number of aliphatic carboxylic acids is 1. The fourth-order valence-corrected chi connectivity index (χ4v) is 4.36. The Morgan fingerprint density at radius 1 is 1.19 bits per heavy atom. The molecule has 7 nitrogen and oxygen atoms in total. The highest BCUT2D eigenvalue weighted by atomic mass is 19.4. The fraction of sp³-hybridized carbons (Fsp3) is 0.385. The van der Waals surface area contributed by atoms with Crippen molar-refractivity contribution in [2.75, 3.05) is 26.7 Å². The Kier molecular flexibility index (Phi) is 9.92. The molecule has 36 heavy (non-hydrogen) atoms. The third-order valence-electron chi connectivity index (χ3n) is 6.03. The molecule has 0 aromatic heterocycles.